The van der Waals surface area contributed by atoms with Crippen LogP contribution in [0.25, 0.3) is 0 Å². The Morgan fingerprint density at radius 1 is 1.02 bits per heavy atom. The fraction of sp³-hybridized carbons (Fsp3) is 0.471. The Balaban J connectivity index is 1.23. The van der Waals surface area contributed by atoms with Crippen LogP contribution in [0.4, 0.5) is 0 Å². The molecule has 4 fully saturated rings. The quantitative estimate of drug-likeness (QED) is 0.342. The molecule has 1 unspecified atom stereocenters. The molecule has 3 aromatic rings. The van der Waals surface area contributed by atoms with Crippen molar-refractivity contribution in [3.63, 3.8) is 0 Å². The lowest BCUT2D eigenvalue weighted by Crippen LogP contribution is -2.65. The summed E-state index contributed by atoms with van der Waals surface area (Å²) in [5.74, 6) is -0.112. The van der Waals surface area contributed by atoms with Crippen molar-refractivity contribution in [2.45, 2.75) is 83.5 Å². The molecule has 0 spiro atoms. The first-order valence-corrected chi connectivity index (χ1v) is 15.4. The van der Waals surface area contributed by atoms with Crippen molar-refractivity contribution < 1.29 is 18.9 Å². The molecule has 7 rings (SSSR count). The van der Waals surface area contributed by atoms with Crippen LogP contribution in [0.1, 0.15) is 67.2 Å². The molecule has 6 atom stereocenters. The summed E-state index contributed by atoms with van der Waals surface area (Å²) in [7, 11) is -0.595. The van der Waals surface area contributed by atoms with E-state index >= 15 is 0 Å². The highest BCUT2D eigenvalue weighted by molar-refractivity contribution is 6.48. The van der Waals surface area contributed by atoms with Crippen LogP contribution in [-0.4, -0.2) is 52.6 Å². The Bertz CT molecular complexity index is 1460. The zero-order chi connectivity index (χ0) is 30.2. The lowest BCUT2D eigenvalue weighted by Gasteiger charge is -2.64. The predicted molar refractivity (Wildman–Crippen MR) is 165 cm³/mol. The Labute approximate surface area is 254 Å². The van der Waals surface area contributed by atoms with Crippen LogP contribution >= 0.6 is 0 Å². The van der Waals surface area contributed by atoms with Gasteiger partial charge in [0.25, 0.3) is 5.91 Å². The van der Waals surface area contributed by atoms with Gasteiger partial charge in [0.15, 0.2) is 0 Å². The van der Waals surface area contributed by atoms with E-state index in [0.29, 0.717) is 31.1 Å². The van der Waals surface area contributed by atoms with Crippen LogP contribution in [0.3, 0.4) is 0 Å². The summed E-state index contributed by atoms with van der Waals surface area (Å²) in [6, 6.07) is 17.5. The number of nitrogens with zero attached hydrogens (tertiary/aromatic N) is 2. The zero-order valence-corrected chi connectivity index (χ0v) is 25.5. The maximum Gasteiger partial charge on any atom is 0.482 e. The summed E-state index contributed by atoms with van der Waals surface area (Å²) in [5.41, 5.74) is 3.31. The first-order valence-electron chi connectivity index (χ1n) is 15.4. The normalized spacial score (nSPS) is 26.5. The van der Waals surface area contributed by atoms with E-state index in [0.717, 1.165) is 29.5 Å². The largest absolute Gasteiger partial charge is 0.482 e. The van der Waals surface area contributed by atoms with Gasteiger partial charge in [-0.3, -0.25) is 14.6 Å². The van der Waals surface area contributed by atoms with Crippen LogP contribution in [0.5, 0.6) is 0 Å². The Morgan fingerprint density at radius 3 is 2.53 bits per heavy atom. The zero-order valence-electron chi connectivity index (χ0n) is 25.5. The highest BCUT2D eigenvalue weighted by Crippen LogP contribution is 2.65. The second kappa shape index (κ2) is 11.9. The van der Waals surface area contributed by atoms with E-state index in [1.807, 2.05) is 55.5 Å². The number of hydrogen-bond donors (Lipinski definition) is 2. The number of hydrogen-bond acceptors (Lipinski definition) is 6. The van der Waals surface area contributed by atoms with Crippen LogP contribution in [0.2, 0.25) is 0 Å². The fourth-order valence-corrected chi connectivity index (χ4v) is 7.53. The van der Waals surface area contributed by atoms with Gasteiger partial charge in [0.2, 0.25) is 5.91 Å². The van der Waals surface area contributed by atoms with Crippen molar-refractivity contribution in [3.05, 3.63) is 95.6 Å². The topological polar surface area (TPSA) is 102 Å². The number of carbonyl (C=O) groups is 2. The minimum Gasteiger partial charge on any atom is -0.404 e. The molecule has 0 radical (unpaired) electrons. The summed E-state index contributed by atoms with van der Waals surface area (Å²) in [6.07, 6.45) is 8.08. The molecule has 1 saturated heterocycles. The fourth-order valence-electron chi connectivity index (χ4n) is 7.53. The van der Waals surface area contributed by atoms with Crippen molar-refractivity contribution in [2.24, 2.45) is 17.3 Å². The first-order chi connectivity index (χ1) is 20.6. The lowest BCUT2D eigenvalue weighted by molar-refractivity contribution is -0.199. The van der Waals surface area contributed by atoms with Gasteiger partial charge < -0.3 is 19.9 Å². The molecular formula is C34H41BN4O4. The number of nitrogens with one attached hydrogen (secondary N) is 2. The van der Waals surface area contributed by atoms with Gasteiger partial charge in [0.1, 0.15) is 11.7 Å². The van der Waals surface area contributed by atoms with Crippen molar-refractivity contribution in [2.75, 3.05) is 0 Å². The van der Waals surface area contributed by atoms with E-state index in [1.54, 1.807) is 0 Å². The third-order valence-corrected chi connectivity index (χ3v) is 10.1. The molecule has 8 nitrogen and oxygen atoms in total. The SMILES string of the molecule is Cc1cccc(CC[C@H](NC(=O)c2cnccn2)C(=O)N[C@@H](Cc2ccccc2)B2OC3C[C@@H]4C[C@@H](C4(C)C)[C@]3(C)O2)c1. The average Bonchev–Trinajstić information content (AvgIpc) is 3.37. The molecule has 1 aliphatic heterocycles. The molecule has 2 heterocycles. The first kappa shape index (κ1) is 29.5. The maximum absolute atomic E-state index is 14.1. The van der Waals surface area contributed by atoms with Crippen molar-refractivity contribution in [3.8, 4) is 0 Å². The molecule has 4 aliphatic rings. The third kappa shape index (κ3) is 5.98. The Morgan fingerprint density at radius 2 is 1.81 bits per heavy atom. The van der Waals surface area contributed by atoms with E-state index in [9.17, 15) is 9.59 Å². The molecule has 2 amide bonds. The van der Waals surface area contributed by atoms with Gasteiger partial charge in [0.05, 0.1) is 23.8 Å². The highest BCUT2D eigenvalue weighted by Gasteiger charge is 2.68. The van der Waals surface area contributed by atoms with Crippen LogP contribution < -0.4 is 10.6 Å². The number of benzene rings is 2. The lowest BCUT2D eigenvalue weighted by atomic mass is 9.43. The minimum absolute atomic E-state index is 0.00192. The minimum atomic E-state index is -0.792. The maximum atomic E-state index is 14.1. The van der Waals surface area contributed by atoms with Crippen LogP contribution in [0.15, 0.2) is 73.2 Å². The average molecular weight is 581 g/mol. The summed E-state index contributed by atoms with van der Waals surface area (Å²) < 4.78 is 13.4. The summed E-state index contributed by atoms with van der Waals surface area (Å²) in [5, 5.41) is 6.17. The monoisotopic (exact) mass is 580 g/mol. The molecule has 224 valence electrons. The Kier molecular flexibility index (Phi) is 8.13. The number of rotatable bonds is 10. The molecule has 2 bridgehead atoms. The molecule has 1 aromatic heterocycles. The molecule has 3 aliphatic carbocycles. The highest BCUT2D eigenvalue weighted by atomic mass is 16.7. The molecule has 9 heteroatoms. The van der Waals surface area contributed by atoms with Gasteiger partial charge in [-0.2, -0.15) is 0 Å². The van der Waals surface area contributed by atoms with Gasteiger partial charge in [-0.25, -0.2) is 4.98 Å². The third-order valence-electron chi connectivity index (χ3n) is 10.1. The second-order valence-corrected chi connectivity index (χ2v) is 13.3. The molecule has 3 saturated carbocycles. The van der Waals surface area contributed by atoms with Gasteiger partial charge >= 0.3 is 7.12 Å². The van der Waals surface area contributed by atoms with E-state index < -0.39 is 30.6 Å². The van der Waals surface area contributed by atoms with Gasteiger partial charge in [-0.1, -0.05) is 74.0 Å². The molecule has 2 N–H and O–H groups in total. The molecule has 2 aromatic carbocycles. The van der Waals surface area contributed by atoms with Crippen LogP contribution in [0, 0.1) is 24.2 Å². The van der Waals surface area contributed by atoms with Crippen LogP contribution in [-0.2, 0) is 26.9 Å². The van der Waals surface area contributed by atoms with E-state index in [4.69, 9.17) is 9.31 Å². The van der Waals surface area contributed by atoms with Gasteiger partial charge in [0, 0.05) is 12.4 Å². The van der Waals surface area contributed by atoms with Gasteiger partial charge in [-0.05, 0) is 74.3 Å². The predicted octanol–water partition coefficient (Wildman–Crippen LogP) is 4.51. The van der Waals surface area contributed by atoms with E-state index in [-0.39, 0.29) is 23.1 Å². The second-order valence-electron chi connectivity index (χ2n) is 13.3. The summed E-state index contributed by atoms with van der Waals surface area (Å²) >= 11 is 0. The number of aryl methyl sites for hydroxylation is 2. The molecular weight excluding hydrogens is 539 g/mol. The van der Waals surface area contributed by atoms with E-state index in [1.165, 1.54) is 18.6 Å². The van der Waals surface area contributed by atoms with Crippen molar-refractivity contribution >= 4 is 18.9 Å². The van der Waals surface area contributed by atoms with Gasteiger partial charge in [-0.15, -0.1) is 0 Å². The Hall–Kier alpha value is -3.56. The summed E-state index contributed by atoms with van der Waals surface area (Å²) in [6.45, 7) is 8.91. The number of aromatic nitrogens is 2. The van der Waals surface area contributed by atoms with E-state index in [2.05, 4.69) is 47.4 Å². The van der Waals surface area contributed by atoms with Crippen molar-refractivity contribution in [1.82, 2.24) is 20.6 Å². The molecule has 43 heavy (non-hydrogen) atoms. The number of carbonyl (C=O) groups excluding carboxylic acids is 2. The van der Waals surface area contributed by atoms with Crippen molar-refractivity contribution in [1.29, 1.82) is 0 Å². The standard InChI is InChI=1S/C34H41BN4O4/c1-22-9-8-12-24(17-22)13-14-26(38-32(41)27-21-36-15-16-37-27)31(40)39-30(18-23-10-6-5-7-11-23)35-42-29-20-25-19-28(33(25,2)3)34(29,4)43-35/h5-12,15-17,21,25-26,28-30H,13-14,18-20H2,1-4H3,(H,38,41)(H,39,40)/t25-,26-,28-,29?,30-,34-/m0/s1. The number of amides is 2. The smallest absolute Gasteiger partial charge is 0.404 e. The summed E-state index contributed by atoms with van der Waals surface area (Å²) in [4.78, 5) is 35.3.